The molecule has 2 rings (SSSR count). The monoisotopic (exact) mass is 264 g/mol. The minimum absolute atomic E-state index is 0.0304. The van der Waals surface area contributed by atoms with Crippen molar-refractivity contribution in [3.63, 3.8) is 0 Å². The molecule has 0 spiro atoms. The molecule has 104 valence electrons. The molecule has 2 atom stereocenters. The number of aliphatic hydroxyl groups excluding tert-OH is 1. The summed E-state index contributed by atoms with van der Waals surface area (Å²) in [6, 6.07) is 7.30. The number of nitrogens with zero attached hydrogens (tertiary/aromatic N) is 1. The maximum absolute atomic E-state index is 12.4. The van der Waals surface area contributed by atoms with Gasteiger partial charge in [-0.1, -0.05) is 12.1 Å². The highest BCUT2D eigenvalue weighted by atomic mass is 16.5. The van der Waals surface area contributed by atoms with E-state index in [2.05, 4.69) is 0 Å². The molecule has 1 fully saturated rings. The van der Waals surface area contributed by atoms with Crippen LogP contribution in [0, 0.1) is 0 Å². The summed E-state index contributed by atoms with van der Waals surface area (Å²) < 4.78 is 5.53. The van der Waals surface area contributed by atoms with Crippen LogP contribution in [0.2, 0.25) is 0 Å². The van der Waals surface area contributed by atoms with Crippen LogP contribution in [0.15, 0.2) is 24.3 Å². The maximum Gasteiger partial charge on any atom is 0.254 e. The second kappa shape index (κ2) is 6.14. The number of morpholine rings is 1. The maximum atomic E-state index is 12.4. The largest absolute Gasteiger partial charge is 0.394 e. The van der Waals surface area contributed by atoms with E-state index in [1.54, 1.807) is 17.0 Å². The van der Waals surface area contributed by atoms with E-state index in [9.17, 15) is 9.90 Å². The van der Waals surface area contributed by atoms with Crippen molar-refractivity contribution in [3.05, 3.63) is 35.4 Å². The van der Waals surface area contributed by atoms with Gasteiger partial charge in [0.25, 0.3) is 5.91 Å². The Kier molecular flexibility index (Phi) is 4.52. The van der Waals surface area contributed by atoms with E-state index >= 15 is 0 Å². The van der Waals surface area contributed by atoms with Gasteiger partial charge in [-0.25, -0.2) is 0 Å². The summed E-state index contributed by atoms with van der Waals surface area (Å²) in [7, 11) is 0. The molecule has 1 heterocycles. The molecule has 1 aromatic carbocycles. The van der Waals surface area contributed by atoms with Gasteiger partial charge in [-0.2, -0.15) is 0 Å². The van der Waals surface area contributed by atoms with Crippen LogP contribution in [0.4, 0.5) is 0 Å². The Morgan fingerprint density at radius 1 is 1.42 bits per heavy atom. The van der Waals surface area contributed by atoms with Crippen molar-refractivity contribution < 1.29 is 14.6 Å². The fourth-order valence-corrected chi connectivity index (χ4v) is 2.28. The van der Waals surface area contributed by atoms with Gasteiger partial charge in [0.05, 0.1) is 18.8 Å². The van der Waals surface area contributed by atoms with Gasteiger partial charge in [-0.3, -0.25) is 4.79 Å². The molecule has 1 aliphatic rings. The van der Waals surface area contributed by atoms with Gasteiger partial charge in [-0.15, -0.1) is 0 Å². The van der Waals surface area contributed by atoms with Gasteiger partial charge in [0.15, 0.2) is 0 Å². The third-order valence-corrected chi connectivity index (χ3v) is 3.25. The molecule has 2 unspecified atom stereocenters. The number of nitrogens with two attached hydrogens (primary N) is 1. The zero-order valence-electron chi connectivity index (χ0n) is 11.1. The molecule has 0 aliphatic carbocycles. The molecular formula is C14H20N2O3. The number of hydrogen-bond acceptors (Lipinski definition) is 4. The molecule has 5 heteroatoms. The van der Waals surface area contributed by atoms with Gasteiger partial charge < -0.3 is 20.5 Å². The van der Waals surface area contributed by atoms with E-state index in [1.807, 2.05) is 19.1 Å². The lowest BCUT2D eigenvalue weighted by Gasteiger charge is -2.36. The summed E-state index contributed by atoms with van der Waals surface area (Å²) in [5.74, 6) is -0.0304. The summed E-state index contributed by atoms with van der Waals surface area (Å²) >= 11 is 0. The topological polar surface area (TPSA) is 75.8 Å². The standard InChI is InChI=1S/C14H20N2O3/c1-10-7-16(8-13(9-17)19-10)14(18)12-4-2-11(6-15)3-5-12/h2-5,10,13,17H,6-9,15H2,1H3. The van der Waals surface area contributed by atoms with Crippen LogP contribution in [-0.2, 0) is 11.3 Å². The number of amides is 1. The number of benzene rings is 1. The van der Waals surface area contributed by atoms with Gasteiger partial charge in [0, 0.05) is 25.2 Å². The van der Waals surface area contributed by atoms with Crippen LogP contribution in [0.25, 0.3) is 0 Å². The number of aliphatic hydroxyl groups is 1. The van der Waals surface area contributed by atoms with Crippen molar-refractivity contribution in [2.24, 2.45) is 5.73 Å². The molecule has 0 saturated carbocycles. The van der Waals surface area contributed by atoms with Crippen molar-refractivity contribution in [3.8, 4) is 0 Å². The van der Waals surface area contributed by atoms with Crippen LogP contribution in [0.3, 0.4) is 0 Å². The second-order valence-corrected chi connectivity index (χ2v) is 4.86. The lowest BCUT2D eigenvalue weighted by atomic mass is 10.1. The lowest BCUT2D eigenvalue weighted by Crippen LogP contribution is -2.50. The van der Waals surface area contributed by atoms with E-state index in [0.29, 0.717) is 25.2 Å². The second-order valence-electron chi connectivity index (χ2n) is 4.86. The molecule has 0 aromatic heterocycles. The third-order valence-electron chi connectivity index (χ3n) is 3.25. The first-order chi connectivity index (χ1) is 9.13. The minimum atomic E-state index is -0.295. The number of carbonyl (C=O) groups is 1. The highest BCUT2D eigenvalue weighted by Crippen LogP contribution is 2.15. The van der Waals surface area contributed by atoms with Crippen molar-refractivity contribution >= 4 is 5.91 Å². The van der Waals surface area contributed by atoms with Crippen molar-refractivity contribution in [2.45, 2.75) is 25.7 Å². The number of carbonyl (C=O) groups excluding carboxylic acids is 1. The molecule has 1 saturated heterocycles. The average molecular weight is 264 g/mol. The lowest BCUT2D eigenvalue weighted by molar-refractivity contribution is -0.0858. The van der Waals surface area contributed by atoms with Crippen LogP contribution in [-0.4, -0.2) is 47.8 Å². The zero-order chi connectivity index (χ0) is 13.8. The molecule has 3 N–H and O–H groups in total. The minimum Gasteiger partial charge on any atom is -0.394 e. The Bertz CT molecular complexity index is 433. The fourth-order valence-electron chi connectivity index (χ4n) is 2.28. The van der Waals surface area contributed by atoms with Gasteiger partial charge >= 0.3 is 0 Å². The van der Waals surface area contributed by atoms with E-state index in [1.165, 1.54) is 0 Å². The normalized spacial score (nSPS) is 23.4. The third kappa shape index (κ3) is 3.32. The molecule has 1 aromatic rings. The highest BCUT2D eigenvalue weighted by molar-refractivity contribution is 5.94. The van der Waals surface area contributed by atoms with E-state index in [-0.39, 0.29) is 24.7 Å². The first kappa shape index (κ1) is 14.0. The Morgan fingerprint density at radius 3 is 2.68 bits per heavy atom. The first-order valence-corrected chi connectivity index (χ1v) is 6.48. The highest BCUT2D eigenvalue weighted by Gasteiger charge is 2.28. The Hall–Kier alpha value is -1.43. The first-order valence-electron chi connectivity index (χ1n) is 6.48. The molecule has 0 radical (unpaired) electrons. The van der Waals surface area contributed by atoms with E-state index in [0.717, 1.165) is 5.56 Å². The number of ether oxygens (including phenoxy) is 1. The predicted molar refractivity (Wildman–Crippen MR) is 71.7 cm³/mol. The molecule has 1 aliphatic heterocycles. The molecular weight excluding hydrogens is 244 g/mol. The Labute approximate surface area is 113 Å². The van der Waals surface area contributed by atoms with Gasteiger partial charge in [-0.05, 0) is 24.6 Å². The smallest absolute Gasteiger partial charge is 0.254 e. The Balaban J connectivity index is 2.09. The van der Waals surface area contributed by atoms with Crippen molar-refractivity contribution in [1.82, 2.24) is 4.90 Å². The fraction of sp³-hybridized carbons (Fsp3) is 0.500. The summed E-state index contributed by atoms with van der Waals surface area (Å²) in [6.07, 6.45) is -0.353. The van der Waals surface area contributed by atoms with Crippen LogP contribution in [0.1, 0.15) is 22.8 Å². The molecule has 0 bridgehead atoms. The van der Waals surface area contributed by atoms with Gasteiger partial charge in [0.1, 0.15) is 0 Å². The number of rotatable bonds is 3. The van der Waals surface area contributed by atoms with Crippen LogP contribution < -0.4 is 5.73 Å². The number of hydrogen-bond donors (Lipinski definition) is 2. The molecule has 5 nitrogen and oxygen atoms in total. The SMILES string of the molecule is CC1CN(C(=O)c2ccc(CN)cc2)CC(CO)O1. The summed E-state index contributed by atoms with van der Waals surface area (Å²) in [5, 5.41) is 9.17. The summed E-state index contributed by atoms with van der Waals surface area (Å²) in [5.41, 5.74) is 7.18. The quantitative estimate of drug-likeness (QED) is 0.827. The zero-order valence-corrected chi connectivity index (χ0v) is 11.1. The van der Waals surface area contributed by atoms with E-state index in [4.69, 9.17) is 10.5 Å². The molecule has 1 amide bonds. The Morgan fingerprint density at radius 2 is 2.11 bits per heavy atom. The van der Waals surface area contributed by atoms with E-state index < -0.39 is 0 Å². The summed E-state index contributed by atoms with van der Waals surface area (Å²) in [6.45, 7) is 3.28. The van der Waals surface area contributed by atoms with Crippen LogP contribution in [0.5, 0.6) is 0 Å². The van der Waals surface area contributed by atoms with Gasteiger partial charge in [0.2, 0.25) is 0 Å². The molecule has 19 heavy (non-hydrogen) atoms. The average Bonchev–Trinajstić information content (AvgIpc) is 2.46. The van der Waals surface area contributed by atoms with Crippen molar-refractivity contribution in [2.75, 3.05) is 19.7 Å². The van der Waals surface area contributed by atoms with Crippen molar-refractivity contribution in [1.29, 1.82) is 0 Å². The van der Waals surface area contributed by atoms with Crippen LogP contribution >= 0.6 is 0 Å². The predicted octanol–water partition coefficient (Wildman–Crippen LogP) is 0.367. The summed E-state index contributed by atoms with van der Waals surface area (Å²) in [4.78, 5) is 14.1.